The molecule has 2 rings (SSSR count). The number of rotatable bonds is 4. The number of hydrogen-bond acceptors (Lipinski definition) is 3. The first kappa shape index (κ1) is 14.1. The van der Waals surface area contributed by atoms with Crippen LogP contribution in [-0.4, -0.2) is 30.3 Å². The van der Waals surface area contributed by atoms with Crippen molar-refractivity contribution in [2.75, 3.05) is 7.11 Å². The fraction of sp³-hybridized carbons (Fsp3) is 0.538. The first-order chi connectivity index (χ1) is 8.80. The fourth-order valence-corrected chi connectivity index (χ4v) is 2.29. The molecule has 1 N–H and O–H groups in total. The molecule has 3 nitrogen and oxygen atoms in total. The van der Waals surface area contributed by atoms with Gasteiger partial charge in [-0.2, -0.15) is 0 Å². The summed E-state index contributed by atoms with van der Waals surface area (Å²) in [6, 6.07) is 5.55. The molecule has 19 heavy (non-hydrogen) atoms. The summed E-state index contributed by atoms with van der Waals surface area (Å²) in [6.07, 6.45) is -3.12. The van der Waals surface area contributed by atoms with Crippen LogP contribution in [0.3, 0.4) is 0 Å². The van der Waals surface area contributed by atoms with E-state index in [1.165, 1.54) is 24.3 Å². The van der Waals surface area contributed by atoms with Crippen molar-refractivity contribution in [3.05, 3.63) is 29.8 Å². The molecule has 0 aromatic heterocycles. The second-order valence-electron chi connectivity index (χ2n) is 4.86. The number of benzene rings is 1. The molecule has 0 unspecified atom stereocenters. The molecule has 106 valence electrons. The quantitative estimate of drug-likeness (QED) is 0.919. The van der Waals surface area contributed by atoms with Gasteiger partial charge >= 0.3 is 6.36 Å². The van der Waals surface area contributed by atoms with Crippen molar-refractivity contribution in [1.29, 1.82) is 0 Å². The Morgan fingerprint density at radius 1 is 1.26 bits per heavy atom. The molecule has 1 saturated carbocycles. The summed E-state index contributed by atoms with van der Waals surface area (Å²) in [6.45, 7) is 0. The molecule has 1 aromatic carbocycles. The normalized spacial score (nSPS) is 26.9. The summed E-state index contributed by atoms with van der Waals surface area (Å²) < 4.78 is 44.8. The lowest BCUT2D eigenvalue weighted by molar-refractivity contribution is -0.274. The predicted molar refractivity (Wildman–Crippen MR) is 61.8 cm³/mol. The maximum Gasteiger partial charge on any atom is 0.573 e. The van der Waals surface area contributed by atoms with Gasteiger partial charge in [0.15, 0.2) is 0 Å². The Kier molecular flexibility index (Phi) is 3.73. The molecule has 1 aliphatic carbocycles. The lowest BCUT2D eigenvalue weighted by atomic mass is 9.74. The van der Waals surface area contributed by atoms with E-state index in [0.29, 0.717) is 19.3 Å². The molecular formula is C13H15F3O3. The minimum atomic E-state index is -4.68. The average Bonchev–Trinajstić information content (AvgIpc) is 2.26. The smallest absolute Gasteiger partial charge is 0.406 e. The monoisotopic (exact) mass is 276 g/mol. The standard InChI is InChI=1S/C13H15F3O3/c1-18-11-7-12(17,8-11)6-9-2-4-10(5-3-9)19-13(14,15)16/h2-5,11,17H,6-8H2,1H3. The van der Waals surface area contributed by atoms with Crippen molar-refractivity contribution in [3.63, 3.8) is 0 Å². The highest BCUT2D eigenvalue weighted by Crippen LogP contribution is 2.37. The minimum Gasteiger partial charge on any atom is -0.406 e. The summed E-state index contributed by atoms with van der Waals surface area (Å²) in [5, 5.41) is 10.1. The van der Waals surface area contributed by atoms with E-state index in [0.717, 1.165) is 5.56 Å². The van der Waals surface area contributed by atoms with Gasteiger partial charge in [-0.05, 0) is 17.7 Å². The molecule has 6 heteroatoms. The number of ether oxygens (including phenoxy) is 2. The number of halogens is 3. The maximum absolute atomic E-state index is 12.0. The maximum atomic E-state index is 12.0. The van der Waals surface area contributed by atoms with E-state index in [1.807, 2.05) is 0 Å². The summed E-state index contributed by atoms with van der Waals surface area (Å²) in [5.41, 5.74) is -0.0424. The molecule has 0 atom stereocenters. The first-order valence-corrected chi connectivity index (χ1v) is 5.89. The zero-order chi connectivity index (χ0) is 14.1. The summed E-state index contributed by atoms with van der Waals surface area (Å²) in [7, 11) is 1.59. The van der Waals surface area contributed by atoms with Gasteiger partial charge in [-0.25, -0.2) is 0 Å². The third-order valence-electron chi connectivity index (χ3n) is 3.24. The highest BCUT2D eigenvalue weighted by Gasteiger charge is 2.42. The third kappa shape index (κ3) is 3.84. The van der Waals surface area contributed by atoms with E-state index < -0.39 is 12.0 Å². The van der Waals surface area contributed by atoms with Crippen LogP contribution in [0, 0.1) is 0 Å². The van der Waals surface area contributed by atoms with Crippen molar-refractivity contribution in [2.45, 2.75) is 37.3 Å². The molecule has 0 spiro atoms. The Morgan fingerprint density at radius 2 is 1.84 bits per heavy atom. The SMILES string of the molecule is COC1CC(O)(Cc2ccc(OC(F)(F)F)cc2)C1. The fourth-order valence-electron chi connectivity index (χ4n) is 2.29. The van der Waals surface area contributed by atoms with Crippen LogP contribution in [0.5, 0.6) is 5.75 Å². The van der Waals surface area contributed by atoms with Crippen LogP contribution < -0.4 is 4.74 Å². The van der Waals surface area contributed by atoms with Crippen molar-refractivity contribution in [1.82, 2.24) is 0 Å². The van der Waals surface area contributed by atoms with E-state index in [4.69, 9.17) is 4.74 Å². The van der Waals surface area contributed by atoms with E-state index >= 15 is 0 Å². The van der Waals surface area contributed by atoms with Gasteiger partial charge in [-0.15, -0.1) is 13.2 Å². The second-order valence-corrected chi connectivity index (χ2v) is 4.86. The lowest BCUT2D eigenvalue weighted by Crippen LogP contribution is -2.49. The largest absolute Gasteiger partial charge is 0.573 e. The van der Waals surface area contributed by atoms with Gasteiger partial charge in [-0.3, -0.25) is 0 Å². The highest BCUT2D eigenvalue weighted by atomic mass is 19.4. The number of methoxy groups -OCH3 is 1. The van der Waals surface area contributed by atoms with Gasteiger partial charge in [0.05, 0.1) is 11.7 Å². The van der Waals surface area contributed by atoms with Crippen molar-refractivity contribution < 1.29 is 27.8 Å². The molecule has 1 aromatic rings. The number of alkyl halides is 3. The molecular weight excluding hydrogens is 261 g/mol. The molecule has 0 radical (unpaired) electrons. The molecule has 1 fully saturated rings. The van der Waals surface area contributed by atoms with Crippen LogP contribution in [0.25, 0.3) is 0 Å². The number of aliphatic hydroxyl groups is 1. The van der Waals surface area contributed by atoms with Crippen LogP contribution in [0.1, 0.15) is 18.4 Å². The van der Waals surface area contributed by atoms with Gasteiger partial charge in [-0.1, -0.05) is 12.1 Å². The zero-order valence-electron chi connectivity index (χ0n) is 10.4. The van der Waals surface area contributed by atoms with E-state index in [2.05, 4.69) is 4.74 Å². The summed E-state index contributed by atoms with van der Waals surface area (Å²) in [4.78, 5) is 0. The van der Waals surface area contributed by atoms with Crippen LogP contribution in [-0.2, 0) is 11.2 Å². The van der Waals surface area contributed by atoms with E-state index in [9.17, 15) is 18.3 Å². The molecule has 0 heterocycles. The Bertz CT molecular complexity index is 422. The van der Waals surface area contributed by atoms with Gasteiger partial charge < -0.3 is 14.6 Å². The molecule has 0 bridgehead atoms. The van der Waals surface area contributed by atoms with Gasteiger partial charge in [0.25, 0.3) is 0 Å². The molecule has 1 aliphatic rings. The Hall–Kier alpha value is -1.27. The molecule has 0 aliphatic heterocycles. The predicted octanol–water partition coefficient (Wildman–Crippen LogP) is 2.67. The van der Waals surface area contributed by atoms with Crippen LogP contribution in [0.2, 0.25) is 0 Å². The lowest BCUT2D eigenvalue weighted by Gasteiger charge is -2.42. The summed E-state index contributed by atoms with van der Waals surface area (Å²) >= 11 is 0. The first-order valence-electron chi connectivity index (χ1n) is 5.89. The van der Waals surface area contributed by atoms with Crippen molar-refractivity contribution in [2.24, 2.45) is 0 Å². The minimum absolute atomic E-state index is 0.0674. The molecule has 0 amide bonds. The highest BCUT2D eigenvalue weighted by molar-refractivity contribution is 5.28. The Balaban J connectivity index is 1.92. The van der Waals surface area contributed by atoms with Crippen LogP contribution >= 0.6 is 0 Å². The van der Waals surface area contributed by atoms with Crippen LogP contribution in [0.15, 0.2) is 24.3 Å². The number of hydrogen-bond donors (Lipinski definition) is 1. The Labute approximate surface area is 108 Å². The third-order valence-corrected chi connectivity index (χ3v) is 3.24. The van der Waals surface area contributed by atoms with E-state index in [1.54, 1.807) is 7.11 Å². The van der Waals surface area contributed by atoms with E-state index in [-0.39, 0.29) is 11.9 Å². The van der Waals surface area contributed by atoms with Gasteiger partial charge in [0, 0.05) is 26.4 Å². The van der Waals surface area contributed by atoms with Gasteiger partial charge in [0.2, 0.25) is 0 Å². The van der Waals surface area contributed by atoms with Crippen molar-refractivity contribution >= 4 is 0 Å². The van der Waals surface area contributed by atoms with Crippen LogP contribution in [0.4, 0.5) is 13.2 Å². The summed E-state index contributed by atoms with van der Waals surface area (Å²) in [5.74, 6) is -0.258. The average molecular weight is 276 g/mol. The topological polar surface area (TPSA) is 38.7 Å². The Morgan fingerprint density at radius 3 is 2.32 bits per heavy atom. The second kappa shape index (κ2) is 5.02. The van der Waals surface area contributed by atoms with Crippen molar-refractivity contribution in [3.8, 4) is 5.75 Å². The molecule has 0 saturated heterocycles. The zero-order valence-corrected chi connectivity index (χ0v) is 10.4. The van der Waals surface area contributed by atoms with Gasteiger partial charge in [0.1, 0.15) is 5.75 Å².